The molecular formula is C34H47Cl6NO11S. The molecular weight excluding hydrogens is 843 g/mol. The minimum Gasteiger partial charge on any atom is -0.481 e. The van der Waals surface area contributed by atoms with Crippen molar-refractivity contribution in [1.82, 2.24) is 4.98 Å². The summed E-state index contributed by atoms with van der Waals surface area (Å²) in [5.74, 6) is -2.69. The third-order valence-corrected chi connectivity index (χ3v) is 9.69. The highest BCUT2D eigenvalue weighted by Gasteiger charge is 2.44. The van der Waals surface area contributed by atoms with Crippen molar-refractivity contribution in [2.24, 2.45) is 17.3 Å². The van der Waals surface area contributed by atoms with Crippen molar-refractivity contribution < 1.29 is 53.1 Å². The number of carboxylic acid groups (broad SMARTS) is 1. The molecule has 12 nitrogen and oxygen atoms in total. The van der Waals surface area contributed by atoms with E-state index in [0.717, 1.165) is 5.57 Å². The summed E-state index contributed by atoms with van der Waals surface area (Å²) in [5.41, 5.74) is 1.03. The number of thiazole rings is 1. The summed E-state index contributed by atoms with van der Waals surface area (Å²) in [6, 6.07) is 0. The van der Waals surface area contributed by atoms with Gasteiger partial charge in [-0.2, -0.15) is 0 Å². The van der Waals surface area contributed by atoms with E-state index in [4.69, 9.17) is 93.3 Å². The van der Waals surface area contributed by atoms with Crippen LogP contribution in [0.4, 0.5) is 9.59 Å². The number of allylic oxidation sites excluding steroid dienone is 1. The Hall–Kier alpha value is -1.55. The van der Waals surface area contributed by atoms with Gasteiger partial charge in [0.05, 0.1) is 35.7 Å². The minimum atomic E-state index is -1.87. The number of alkyl halides is 6. The largest absolute Gasteiger partial charge is 0.508 e. The van der Waals surface area contributed by atoms with Gasteiger partial charge in [-0.1, -0.05) is 109 Å². The second kappa shape index (κ2) is 22.9. The lowest BCUT2D eigenvalue weighted by Gasteiger charge is -2.36. The molecule has 0 unspecified atom stereocenters. The lowest BCUT2D eigenvalue weighted by atomic mass is 9.72. The average molecular weight is 891 g/mol. The van der Waals surface area contributed by atoms with Crippen molar-refractivity contribution in [1.29, 1.82) is 0 Å². The standard InChI is InChI=1S/C34H47Cl6NO11S/c1-19(11-12-24(42)21(3)13-23-16-53-26(41-23)15-49-30(46)50-17-33(35,36)37)9-8-10-20(2)28(52-31(47)51-18-34(38,39)40)22(4)29(45)32(5,6)25(48-7)14-27(43)44/h11,13,16,20,22,24-25,28,42H,8-10,12,14-15,17-18H2,1-7H3,(H,43,44)/b19-11-,21-13+/t20-,22+,24-,25-,28-/m0/s1. The zero-order chi connectivity index (χ0) is 40.7. The molecule has 302 valence electrons. The molecule has 0 aliphatic carbocycles. The summed E-state index contributed by atoms with van der Waals surface area (Å²) >= 11 is 35.0. The highest BCUT2D eigenvalue weighted by Crippen LogP contribution is 2.35. The lowest BCUT2D eigenvalue weighted by molar-refractivity contribution is -0.149. The Balaban J connectivity index is 2.87. The van der Waals surface area contributed by atoms with Gasteiger partial charge in [-0.25, -0.2) is 14.6 Å². The van der Waals surface area contributed by atoms with Gasteiger partial charge in [0.1, 0.15) is 36.7 Å². The van der Waals surface area contributed by atoms with E-state index in [1.165, 1.54) is 18.4 Å². The van der Waals surface area contributed by atoms with E-state index in [1.807, 2.05) is 19.9 Å². The molecule has 53 heavy (non-hydrogen) atoms. The molecule has 0 spiro atoms. The molecule has 2 N–H and O–H groups in total. The van der Waals surface area contributed by atoms with Crippen LogP contribution >= 0.6 is 80.9 Å². The Morgan fingerprint density at radius 1 is 0.962 bits per heavy atom. The number of methoxy groups -OCH3 is 1. The van der Waals surface area contributed by atoms with Crippen molar-refractivity contribution in [2.75, 3.05) is 20.3 Å². The number of aliphatic carboxylic acids is 1. The van der Waals surface area contributed by atoms with Gasteiger partial charge in [-0.15, -0.1) is 11.3 Å². The van der Waals surface area contributed by atoms with Gasteiger partial charge < -0.3 is 33.9 Å². The van der Waals surface area contributed by atoms with Gasteiger partial charge >= 0.3 is 18.3 Å². The number of aliphatic hydroxyl groups is 1. The molecule has 0 fully saturated rings. The van der Waals surface area contributed by atoms with Gasteiger partial charge in [0.25, 0.3) is 0 Å². The SMILES string of the molecule is CO[C@@H](CC(=O)O)C(C)(C)C(=O)[C@H](C)[C@@H](OC(=O)OCC(Cl)(Cl)Cl)[C@@H](C)CCC/C(C)=C\C[C@H](O)/C(C)=C/c1csc(COC(=O)OCC(Cl)(Cl)Cl)n1. The first kappa shape index (κ1) is 49.5. The number of nitrogens with zero attached hydrogens (tertiary/aromatic N) is 1. The third kappa shape index (κ3) is 19.7. The predicted octanol–water partition coefficient (Wildman–Crippen LogP) is 9.69. The summed E-state index contributed by atoms with van der Waals surface area (Å²) < 4.78 is 22.0. The van der Waals surface area contributed by atoms with Crippen LogP contribution in [0.5, 0.6) is 0 Å². The van der Waals surface area contributed by atoms with Crippen LogP contribution in [0.15, 0.2) is 22.6 Å². The molecule has 0 aliphatic heterocycles. The first-order chi connectivity index (χ1) is 24.4. The summed E-state index contributed by atoms with van der Waals surface area (Å²) in [6.45, 7) is 9.17. The van der Waals surface area contributed by atoms with Gasteiger partial charge in [-0.3, -0.25) is 9.59 Å². The number of aliphatic hydroxyl groups excluding tert-OH is 1. The van der Waals surface area contributed by atoms with Gasteiger partial charge in [0.15, 0.2) is 0 Å². The van der Waals surface area contributed by atoms with E-state index in [-0.39, 0.29) is 18.3 Å². The zero-order valence-corrected chi connectivity index (χ0v) is 35.8. The summed E-state index contributed by atoms with van der Waals surface area (Å²) in [7, 11) is 1.33. The van der Waals surface area contributed by atoms with Crippen LogP contribution in [0.25, 0.3) is 6.08 Å². The van der Waals surface area contributed by atoms with Crippen LogP contribution in [0.2, 0.25) is 0 Å². The van der Waals surface area contributed by atoms with Crippen LogP contribution in [-0.2, 0) is 39.9 Å². The van der Waals surface area contributed by atoms with Crippen molar-refractivity contribution in [3.05, 3.63) is 33.3 Å². The number of carbonyl (C=O) groups is 4. The van der Waals surface area contributed by atoms with Crippen LogP contribution in [0, 0.1) is 17.3 Å². The number of Topliss-reactive ketones (excluding diaryl/α,β-unsaturated/α-hetero) is 1. The Morgan fingerprint density at radius 3 is 2.09 bits per heavy atom. The molecule has 1 aromatic heterocycles. The molecule has 0 saturated carbocycles. The molecule has 5 atom stereocenters. The average Bonchev–Trinajstić information content (AvgIpc) is 3.50. The number of hydrogen-bond donors (Lipinski definition) is 2. The smallest absolute Gasteiger partial charge is 0.481 e. The monoisotopic (exact) mass is 887 g/mol. The number of carboxylic acids is 1. The molecule has 19 heteroatoms. The van der Waals surface area contributed by atoms with E-state index in [2.05, 4.69) is 4.98 Å². The number of carbonyl (C=O) groups excluding carboxylic acids is 3. The fourth-order valence-electron chi connectivity index (χ4n) is 5.24. The minimum absolute atomic E-state index is 0.138. The molecule has 0 bridgehead atoms. The summed E-state index contributed by atoms with van der Waals surface area (Å²) in [6.07, 6.45) is 0.673. The second-order valence-electron chi connectivity index (χ2n) is 13.1. The Labute approximate surface area is 344 Å². The molecule has 0 saturated heterocycles. The molecule has 0 aliphatic rings. The van der Waals surface area contributed by atoms with E-state index in [1.54, 1.807) is 39.2 Å². The lowest BCUT2D eigenvalue weighted by Crippen LogP contribution is -2.47. The Morgan fingerprint density at radius 2 is 1.55 bits per heavy atom. The number of aromatic nitrogens is 1. The summed E-state index contributed by atoms with van der Waals surface area (Å²) in [4.78, 5) is 53.8. The van der Waals surface area contributed by atoms with Gasteiger partial charge in [0, 0.05) is 12.5 Å². The number of rotatable bonds is 21. The Kier molecular flexibility index (Phi) is 21.3. The number of hydrogen-bond acceptors (Lipinski definition) is 12. The Bertz CT molecular complexity index is 1420. The maximum Gasteiger partial charge on any atom is 0.508 e. The van der Waals surface area contributed by atoms with E-state index in [0.29, 0.717) is 42.0 Å². The van der Waals surface area contributed by atoms with Crippen molar-refractivity contribution >= 4 is 111 Å². The second-order valence-corrected chi connectivity index (χ2v) is 19.1. The fourth-order valence-corrected chi connectivity index (χ4v) is 6.23. The highest BCUT2D eigenvalue weighted by atomic mass is 35.6. The highest BCUT2D eigenvalue weighted by molar-refractivity contribution is 7.09. The van der Waals surface area contributed by atoms with Crippen molar-refractivity contribution in [3.8, 4) is 0 Å². The fraction of sp³-hybridized carbons (Fsp3) is 0.676. The normalized spacial score (nSPS) is 15.9. The first-order valence-corrected chi connectivity index (χ1v) is 19.5. The van der Waals surface area contributed by atoms with Crippen LogP contribution in [0.3, 0.4) is 0 Å². The number of ether oxygens (including phenoxy) is 5. The number of ketones is 1. The van der Waals surface area contributed by atoms with E-state index >= 15 is 0 Å². The van der Waals surface area contributed by atoms with Crippen molar-refractivity contribution in [2.45, 2.75) is 106 Å². The van der Waals surface area contributed by atoms with Gasteiger partial charge in [-0.05, 0) is 57.1 Å². The molecule has 0 aromatic carbocycles. The topological polar surface area (TPSA) is 168 Å². The molecule has 1 rings (SSSR count). The first-order valence-electron chi connectivity index (χ1n) is 16.4. The van der Waals surface area contributed by atoms with Crippen LogP contribution in [-0.4, -0.2) is 85.5 Å². The summed E-state index contributed by atoms with van der Waals surface area (Å²) in [5, 5.41) is 22.4. The molecule has 0 radical (unpaired) electrons. The predicted molar refractivity (Wildman–Crippen MR) is 207 cm³/mol. The third-order valence-electron chi connectivity index (χ3n) is 8.20. The maximum absolute atomic E-state index is 13.8. The van der Waals surface area contributed by atoms with Crippen molar-refractivity contribution in [3.63, 3.8) is 0 Å². The quantitative estimate of drug-likeness (QED) is 0.0682. The zero-order valence-electron chi connectivity index (χ0n) is 30.5. The van der Waals surface area contributed by atoms with Crippen LogP contribution < -0.4 is 0 Å². The maximum atomic E-state index is 13.8. The molecule has 0 amide bonds. The van der Waals surface area contributed by atoms with Gasteiger partial charge in [0.2, 0.25) is 7.59 Å². The number of halogens is 6. The van der Waals surface area contributed by atoms with E-state index in [9.17, 15) is 29.4 Å². The molecule has 1 heterocycles. The molecule has 1 aromatic rings. The van der Waals surface area contributed by atoms with E-state index < -0.39 is 75.1 Å². The van der Waals surface area contributed by atoms with Crippen LogP contribution in [0.1, 0.15) is 84.3 Å².